The third kappa shape index (κ3) is 3.77. The van der Waals surface area contributed by atoms with Crippen molar-refractivity contribution in [2.45, 2.75) is 13.8 Å². The fourth-order valence-electron chi connectivity index (χ4n) is 1.98. The summed E-state index contributed by atoms with van der Waals surface area (Å²) in [5.74, 6) is 1.23. The number of anilines is 1. The molecule has 0 unspecified atom stereocenters. The van der Waals surface area contributed by atoms with Crippen LogP contribution in [0.5, 0.6) is 11.5 Å². The van der Waals surface area contributed by atoms with E-state index in [2.05, 4.69) is 35.1 Å². The van der Waals surface area contributed by atoms with Crippen LogP contribution < -0.4 is 32.1 Å². The van der Waals surface area contributed by atoms with Gasteiger partial charge < -0.3 is 32.1 Å². The predicted molar refractivity (Wildman–Crippen MR) is 75.8 cm³/mol. The summed E-state index contributed by atoms with van der Waals surface area (Å²) in [6.45, 7) is 6.64. The fraction of sp³-hybridized carbons (Fsp3) is 0.462. The van der Waals surface area contributed by atoms with Gasteiger partial charge in [0.1, 0.15) is 0 Å². The van der Waals surface area contributed by atoms with Gasteiger partial charge >= 0.3 is 0 Å². The number of carbonyl (C=O) groups excluding carboxylic acids is 1. The molecule has 0 aliphatic carbocycles. The molecule has 5 nitrogen and oxygen atoms in total. The average Bonchev–Trinajstić information content (AvgIpc) is 2.89. The summed E-state index contributed by atoms with van der Waals surface area (Å²) in [6.07, 6.45) is 0. The number of rotatable bonds is 5. The molecule has 0 radical (unpaired) electrons. The van der Waals surface area contributed by atoms with E-state index in [0.29, 0.717) is 23.7 Å². The van der Waals surface area contributed by atoms with Crippen LogP contribution >= 0.6 is 15.9 Å². The number of halogens is 2. The normalized spacial score (nSPS) is 12.2. The first kappa shape index (κ1) is 17.1. The van der Waals surface area contributed by atoms with Crippen LogP contribution in [0.25, 0.3) is 0 Å². The van der Waals surface area contributed by atoms with Crippen molar-refractivity contribution >= 4 is 27.5 Å². The number of carbonyl (C=O) groups is 1. The van der Waals surface area contributed by atoms with Crippen molar-refractivity contribution in [1.29, 1.82) is 0 Å². The standard InChI is InChI=1S/C13H17BrN2O3.ClH/c1-3-16(4-2)7-11(17)15-10-6-5-9(14)12-13(10)19-8-18-12;/h5-6H,3-4,7-8H2,1-2H3,(H,15,17);1H. The van der Waals surface area contributed by atoms with Gasteiger partial charge in [0, 0.05) is 0 Å². The highest BCUT2D eigenvalue weighted by Crippen LogP contribution is 2.44. The topological polar surface area (TPSA) is 52.0 Å². The lowest BCUT2D eigenvalue weighted by Crippen LogP contribution is -3.12. The summed E-state index contributed by atoms with van der Waals surface area (Å²) in [5, 5.41) is 2.88. The number of amides is 1. The van der Waals surface area contributed by atoms with Crippen LogP contribution in [0.2, 0.25) is 0 Å². The van der Waals surface area contributed by atoms with Gasteiger partial charge in [0.25, 0.3) is 5.91 Å². The molecule has 0 atom stereocenters. The van der Waals surface area contributed by atoms with Crippen LogP contribution in [-0.4, -0.2) is 32.3 Å². The Balaban J connectivity index is 0.00000200. The Labute approximate surface area is 133 Å². The minimum absolute atomic E-state index is 0. The molecule has 0 bridgehead atoms. The second kappa shape index (κ2) is 7.71. The van der Waals surface area contributed by atoms with E-state index in [1.165, 1.54) is 4.90 Å². The highest BCUT2D eigenvalue weighted by molar-refractivity contribution is 9.10. The predicted octanol–water partition coefficient (Wildman–Crippen LogP) is -1.95. The van der Waals surface area contributed by atoms with E-state index in [0.717, 1.165) is 17.6 Å². The maximum atomic E-state index is 12.0. The third-order valence-electron chi connectivity index (χ3n) is 3.16. The van der Waals surface area contributed by atoms with Crippen LogP contribution in [-0.2, 0) is 4.79 Å². The highest BCUT2D eigenvalue weighted by Gasteiger charge is 2.22. The molecule has 0 saturated heterocycles. The SMILES string of the molecule is CC[NH+](CC)CC(=O)Nc1ccc(Br)c2c1OCO2.[Cl-]. The zero-order chi connectivity index (χ0) is 13.8. The molecular weight excluding hydrogens is 348 g/mol. The van der Waals surface area contributed by atoms with Gasteiger partial charge in [-0.2, -0.15) is 0 Å². The Morgan fingerprint density at radius 1 is 1.30 bits per heavy atom. The van der Waals surface area contributed by atoms with Crippen molar-refractivity contribution in [3.8, 4) is 11.5 Å². The maximum Gasteiger partial charge on any atom is 0.279 e. The fourth-order valence-corrected chi connectivity index (χ4v) is 2.41. The zero-order valence-corrected chi connectivity index (χ0v) is 13.8. The summed E-state index contributed by atoms with van der Waals surface area (Å²) in [6, 6.07) is 3.65. The number of ether oxygens (including phenoxy) is 2. The molecule has 1 aliphatic heterocycles. The molecule has 0 saturated carbocycles. The molecule has 1 amide bonds. The van der Waals surface area contributed by atoms with Gasteiger partial charge in [-0.05, 0) is 41.9 Å². The second-order valence-corrected chi connectivity index (χ2v) is 5.20. The number of hydrogen-bond donors (Lipinski definition) is 2. The van der Waals surface area contributed by atoms with Crippen molar-refractivity contribution in [3.63, 3.8) is 0 Å². The first-order chi connectivity index (χ1) is 9.15. The van der Waals surface area contributed by atoms with Crippen LogP contribution in [0, 0.1) is 0 Å². The second-order valence-electron chi connectivity index (χ2n) is 4.34. The molecule has 20 heavy (non-hydrogen) atoms. The minimum Gasteiger partial charge on any atom is -1.00 e. The lowest BCUT2D eigenvalue weighted by molar-refractivity contribution is -0.888. The molecule has 112 valence electrons. The van der Waals surface area contributed by atoms with E-state index < -0.39 is 0 Å². The van der Waals surface area contributed by atoms with E-state index >= 15 is 0 Å². The van der Waals surface area contributed by atoms with E-state index in [1.807, 2.05) is 12.1 Å². The van der Waals surface area contributed by atoms with Crippen molar-refractivity contribution < 1.29 is 31.6 Å². The summed E-state index contributed by atoms with van der Waals surface area (Å²) in [7, 11) is 0. The molecule has 0 aromatic heterocycles. The largest absolute Gasteiger partial charge is 1.00 e. The quantitative estimate of drug-likeness (QED) is 0.637. The number of hydrogen-bond acceptors (Lipinski definition) is 3. The van der Waals surface area contributed by atoms with Crippen LogP contribution in [0.15, 0.2) is 16.6 Å². The minimum atomic E-state index is -0.0151. The van der Waals surface area contributed by atoms with E-state index in [-0.39, 0.29) is 25.1 Å². The summed E-state index contributed by atoms with van der Waals surface area (Å²) >= 11 is 3.39. The molecule has 1 aliphatic rings. The lowest BCUT2D eigenvalue weighted by Gasteiger charge is -2.15. The number of fused-ring (bicyclic) bond motifs is 1. The monoisotopic (exact) mass is 364 g/mol. The zero-order valence-electron chi connectivity index (χ0n) is 11.5. The Kier molecular flexibility index (Phi) is 6.58. The molecule has 1 heterocycles. The first-order valence-electron chi connectivity index (χ1n) is 6.37. The van der Waals surface area contributed by atoms with Gasteiger partial charge in [0.2, 0.25) is 6.79 Å². The lowest BCUT2D eigenvalue weighted by atomic mass is 10.2. The Hall–Kier alpha value is -0.980. The van der Waals surface area contributed by atoms with E-state index in [1.54, 1.807) is 0 Å². The van der Waals surface area contributed by atoms with Gasteiger partial charge in [0.15, 0.2) is 18.0 Å². The van der Waals surface area contributed by atoms with Crippen LogP contribution in [0.1, 0.15) is 13.8 Å². The van der Waals surface area contributed by atoms with Gasteiger partial charge in [-0.15, -0.1) is 0 Å². The van der Waals surface area contributed by atoms with Gasteiger partial charge in [-0.1, -0.05) is 0 Å². The van der Waals surface area contributed by atoms with Crippen LogP contribution in [0.4, 0.5) is 5.69 Å². The molecule has 0 fully saturated rings. The Bertz CT molecular complexity index is 481. The van der Waals surface area contributed by atoms with Crippen molar-refractivity contribution in [3.05, 3.63) is 16.6 Å². The molecule has 1 aromatic carbocycles. The van der Waals surface area contributed by atoms with E-state index in [9.17, 15) is 4.79 Å². The molecule has 7 heteroatoms. The molecular formula is C13H18BrClN2O3. The molecule has 0 spiro atoms. The van der Waals surface area contributed by atoms with Crippen molar-refractivity contribution in [2.24, 2.45) is 0 Å². The Morgan fingerprint density at radius 3 is 2.60 bits per heavy atom. The highest BCUT2D eigenvalue weighted by atomic mass is 79.9. The third-order valence-corrected chi connectivity index (χ3v) is 3.78. The summed E-state index contributed by atoms with van der Waals surface area (Å²) in [5.41, 5.74) is 0.659. The number of benzene rings is 1. The molecule has 2 rings (SSSR count). The number of nitrogens with one attached hydrogen (secondary N) is 2. The van der Waals surface area contributed by atoms with Crippen molar-refractivity contribution in [1.82, 2.24) is 0 Å². The van der Waals surface area contributed by atoms with Gasteiger partial charge in [0.05, 0.1) is 23.2 Å². The molecule has 1 aromatic rings. The summed E-state index contributed by atoms with van der Waals surface area (Å²) in [4.78, 5) is 13.2. The van der Waals surface area contributed by atoms with Crippen LogP contribution in [0.3, 0.4) is 0 Å². The van der Waals surface area contributed by atoms with E-state index in [4.69, 9.17) is 9.47 Å². The first-order valence-corrected chi connectivity index (χ1v) is 7.16. The summed E-state index contributed by atoms with van der Waals surface area (Å²) < 4.78 is 11.6. The molecule has 2 N–H and O–H groups in total. The van der Waals surface area contributed by atoms with Crippen molar-refractivity contribution in [2.75, 3.05) is 31.7 Å². The Morgan fingerprint density at radius 2 is 1.95 bits per heavy atom. The van der Waals surface area contributed by atoms with Gasteiger partial charge in [-0.3, -0.25) is 4.79 Å². The average molecular weight is 366 g/mol. The van der Waals surface area contributed by atoms with Gasteiger partial charge in [-0.25, -0.2) is 0 Å². The number of quaternary nitrogens is 1. The maximum absolute atomic E-state index is 12.0. The smallest absolute Gasteiger partial charge is 0.279 e. The number of likely N-dealkylation sites (N-methyl/N-ethyl adjacent to an activating group) is 1.